The zero-order valence-electron chi connectivity index (χ0n) is 8.88. The van der Waals surface area contributed by atoms with Crippen molar-refractivity contribution in [3.63, 3.8) is 0 Å². The molecule has 0 aliphatic heterocycles. The summed E-state index contributed by atoms with van der Waals surface area (Å²) in [6, 6.07) is 8.49. The summed E-state index contributed by atoms with van der Waals surface area (Å²) in [5.74, 6) is -0.271. The lowest BCUT2D eigenvalue weighted by Crippen LogP contribution is -1.94. The lowest BCUT2D eigenvalue weighted by atomic mass is 10.2. The predicted molar refractivity (Wildman–Crippen MR) is 72.0 cm³/mol. The number of halogens is 1. The standard InChI is InChI=1S/C12H6BrNO3S/c13-10-4-3-8(17-10)11-14-7-2-1-6(12(15)16)5-9(7)18-11/h1-5H,(H,15,16). The van der Waals surface area contributed by atoms with Gasteiger partial charge in [-0.25, -0.2) is 9.78 Å². The smallest absolute Gasteiger partial charge is 0.335 e. The van der Waals surface area contributed by atoms with Crippen LogP contribution in [-0.4, -0.2) is 16.1 Å². The van der Waals surface area contributed by atoms with Gasteiger partial charge in [0.15, 0.2) is 15.4 Å². The molecule has 0 bridgehead atoms. The summed E-state index contributed by atoms with van der Waals surface area (Å²) in [4.78, 5) is 15.3. The Hall–Kier alpha value is -1.66. The molecule has 0 radical (unpaired) electrons. The number of carboxylic acid groups (broad SMARTS) is 1. The number of hydrogen-bond donors (Lipinski definition) is 1. The van der Waals surface area contributed by atoms with Gasteiger partial charge in [0.25, 0.3) is 0 Å². The quantitative estimate of drug-likeness (QED) is 0.773. The maximum Gasteiger partial charge on any atom is 0.335 e. The molecule has 0 unspecified atom stereocenters. The predicted octanol–water partition coefficient (Wildman–Crippen LogP) is 4.02. The number of fused-ring (bicyclic) bond motifs is 1. The maximum absolute atomic E-state index is 10.9. The first-order valence-electron chi connectivity index (χ1n) is 5.03. The van der Waals surface area contributed by atoms with Crippen molar-refractivity contribution in [3.8, 4) is 10.8 Å². The van der Waals surface area contributed by atoms with E-state index in [1.54, 1.807) is 24.3 Å². The van der Waals surface area contributed by atoms with E-state index in [1.807, 2.05) is 6.07 Å². The first kappa shape index (κ1) is 11.4. The largest absolute Gasteiger partial charge is 0.478 e. The number of benzene rings is 1. The average Bonchev–Trinajstić information content (AvgIpc) is 2.93. The molecular weight excluding hydrogens is 318 g/mol. The third-order valence-electron chi connectivity index (χ3n) is 2.42. The van der Waals surface area contributed by atoms with Gasteiger partial charge in [0.2, 0.25) is 0 Å². The van der Waals surface area contributed by atoms with Gasteiger partial charge in [-0.1, -0.05) is 0 Å². The first-order valence-corrected chi connectivity index (χ1v) is 6.64. The summed E-state index contributed by atoms with van der Waals surface area (Å²) in [6.07, 6.45) is 0. The molecule has 0 fully saturated rings. The topological polar surface area (TPSA) is 63.3 Å². The Labute approximate surface area is 114 Å². The van der Waals surface area contributed by atoms with Crippen LogP contribution >= 0.6 is 27.3 Å². The number of carboxylic acids is 1. The van der Waals surface area contributed by atoms with Crippen LogP contribution in [0.15, 0.2) is 39.4 Å². The minimum atomic E-state index is -0.937. The molecule has 0 aliphatic carbocycles. The van der Waals surface area contributed by atoms with Gasteiger partial charge >= 0.3 is 5.97 Å². The fourth-order valence-electron chi connectivity index (χ4n) is 1.59. The highest BCUT2D eigenvalue weighted by molar-refractivity contribution is 9.10. The maximum atomic E-state index is 10.9. The summed E-state index contributed by atoms with van der Waals surface area (Å²) >= 11 is 4.64. The molecule has 0 atom stereocenters. The number of aromatic carboxylic acids is 1. The minimum Gasteiger partial charge on any atom is -0.478 e. The van der Waals surface area contributed by atoms with Crippen molar-refractivity contribution < 1.29 is 14.3 Å². The molecule has 90 valence electrons. The molecule has 0 aliphatic rings. The third-order valence-corrected chi connectivity index (χ3v) is 3.88. The third kappa shape index (κ3) is 1.93. The van der Waals surface area contributed by atoms with Crippen LogP contribution in [-0.2, 0) is 0 Å². The van der Waals surface area contributed by atoms with Crippen LogP contribution < -0.4 is 0 Å². The van der Waals surface area contributed by atoms with E-state index in [0.29, 0.717) is 10.4 Å². The van der Waals surface area contributed by atoms with E-state index in [2.05, 4.69) is 20.9 Å². The highest BCUT2D eigenvalue weighted by atomic mass is 79.9. The number of carbonyl (C=O) groups is 1. The van der Waals surface area contributed by atoms with E-state index in [0.717, 1.165) is 15.2 Å². The number of furan rings is 1. The molecule has 0 saturated carbocycles. The fourth-order valence-corrected chi connectivity index (χ4v) is 2.87. The molecule has 1 aromatic carbocycles. The molecule has 18 heavy (non-hydrogen) atoms. The van der Waals surface area contributed by atoms with E-state index in [-0.39, 0.29) is 5.56 Å². The Bertz CT molecular complexity index is 747. The number of hydrogen-bond acceptors (Lipinski definition) is 4. The van der Waals surface area contributed by atoms with Crippen LogP contribution in [0.3, 0.4) is 0 Å². The first-order chi connectivity index (χ1) is 8.63. The average molecular weight is 324 g/mol. The molecule has 0 spiro atoms. The fraction of sp³-hybridized carbons (Fsp3) is 0. The molecule has 2 aromatic heterocycles. The lowest BCUT2D eigenvalue weighted by Gasteiger charge is -1.91. The summed E-state index contributed by atoms with van der Waals surface area (Å²) in [6.45, 7) is 0. The highest BCUT2D eigenvalue weighted by Gasteiger charge is 2.11. The van der Waals surface area contributed by atoms with Crippen LogP contribution in [0, 0.1) is 0 Å². The number of rotatable bonds is 2. The van der Waals surface area contributed by atoms with Crippen molar-refractivity contribution >= 4 is 43.5 Å². The van der Waals surface area contributed by atoms with Crippen molar-refractivity contribution in [1.29, 1.82) is 0 Å². The molecule has 2 heterocycles. The Kier molecular flexibility index (Phi) is 2.68. The van der Waals surface area contributed by atoms with Crippen molar-refractivity contribution in [3.05, 3.63) is 40.6 Å². The van der Waals surface area contributed by atoms with E-state index in [1.165, 1.54) is 11.3 Å². The second-order valence-corrected chi connectivity index (χ2v) is 5.42. The van der Waals surface area contributed by atoms with Gasteiger partial charge < -0.3 is 9.52 Å². The van der Waals surface area contributed by atoms with Gasteiger partial charge in [0.05, 0.1) is 15.8 Å². The Morgan fingerprint density at radius 3 is 2.83 bits per heavy atom. The van der Waals surface area contributed by atoms with Crippen molar-refractivity contribution in [2.45, 2.75) is 0 Å². The number of aromatic nitrogens is 1. The molecule has 0 saturated heterocycles. The monoisotopic (exact) mass is 323 g/mol. The normalized spacial score (nSPS) is 10.9. The zero-order chi connectivity index (χ0) is 12.7. The van der Waals surface area contributed by atoms with Crippen LogP contribution in [0.2, 0.25) is 0 Å². The molecule has 0 amide bonds. The van der Waals surface area contributed by atoms with Crippen molar-refractivity contribution in [2.24, 2.45) is 0 Å². The summed E-state index contributed by atoms with van der Waals surface area (Å²) in [5.41, 5.74) is 1.03. The van der Waals surface area contributed by atoms with Crippen LogP contribution in [0.25, 0.3) is 21.0 Å². The van der Waals surface area contributed by atoms with Crippen LogP contribution in [0.5, 0.6) is 0 Å². The molecule has 3 rings (SSSR count). The molecule has 3 aromatic rings. The van der Waals surface area contributed by atoms with E-state index in [9.17, 15) is 4.79 Å². The van der Waals surface area contributed by atoms with Gasteiger partial charge in [0.1, 0.15) is 0 Å². The van der Waals surface area contributed by atoms with Gasteiger partial charge in [-0.15, -0.1) is 11.3 Å². The van der Waals surface area contributed by atoms with Crippen molar-refractivity contribution in [2.75, 3.05) is 0 Å². The van der Waals surface area contributed by atoms with Gasteiger partial charge in [0, 0.05) is 0 Å². The SMILES string of the molecule is O=C(O)c1ccc2nc(-c3ccc(Br)o3)sc2c1. The summed E-state index contributed by atoms with van der Waals surface area (Å²) < 4.78 is 6.90. The molecule has 4 nitrogen and oxygen atoms in total. The second-order valence-electron chi connectivity index (χ2n) is 3.61. The van der Waals surface area contributed by atoms with Gasteiger partial charge in [-0.3, -0.25) is 0 Å². The lowest BCUT2D eigenvalue weighted by molar-refractivity contribution is 0.0697. The van der Waals surface area contributed by atoms with Gasteiger partial charge in [-0.05, 0) is 46.3 Å². The Morgan fingerprint density at radius 2 is 2.17 bits per heavy atom. The van der Waals surface area contributed by atoms with E-state index < -0.39 is 5.97 Å². The summed E-state index contributed by atoms with van der Waals surface area (Å²) in [5, 5.41) is 9.67. The Balaban J connectivity index is 2.13. The van der Waals surface area contributed by atoms with E-state index in [4.69, 9.17) is 9.52 Å². The summed E-state index contributed by atoms with van der Waals surface area (Å²) in [7, 11) is 0. The van der Waals surface area contributed by atoms with Gasteiger partial charge in [-0.2, -0.15) is 0 Å². The van der Waals surface area contributed by atoms with Crippen molar-refractivity contribution in [1.82, 2.24) is 4.98 Å². The second kappa shape index (κ2) is 4.22. The number of nitrogens with zero attached hydrogens (tertiary/aromatic N) is 1. The Morgan fingerprint density at radius 1 is 1.33 bits per heavy atom. The molecule has 6 heteroatoms. The number of thiazole rings is 1. The minimum absolute atomic E-state index is 0.262. The van der Waals surface area contributed by atoms with E-state index >= 15 is 0 Å². The van der Waals surface area contributed by atoms with Crippen LogP contribution in [0.1, 0.15) is 10.4 Å². The molecular formula is C12H6BrNO3S. The zero-order valence-corrected chi connectivity index (χ0v) is 11.3. The molecule has 1 N–H and O–H groups in total. The van der Waals surface area contributed by atoms with Crippen LogP contribution in [0.4, 0.5) is 0 Å². The highest BCUT2D eigenvalue weighted by Crippen LogP contribution is 2.32.